The molecule has 6 nitrogen and oxygen atoms in total. The lowest BCUT2D eigenvalue weighted by molar-refractivity contribution is -0.121. The molecule has 2 rings (SSSR count). The summed E-state index contributed by atoms with van der Waals surface area (Å²) < 4.78 is 5.20. The molecule has 0 radical (unpaired) electrons. The maximum atomic E-state index is 12.4. The molecule has 0 saturated heterocycles. The third-order valence-corrected chi connectivity index (χ3v) is 4.43. The monoisotopic (exact) mass is 373 g/mol. The molecule has 7 heteroatoms. The van der Waals surface area contributed by atoms with E-state index in [9.17, 15) is 9.59 Å². The molecule has 0 spiro atoms. The molecular weight excluding hydrogens is 350 g/mol. The lowest BCUT2D eigenvalue weighted by atomic mass is 10.2. The van der Waals surface area contributed by atoms with Gasteiger partial charge in [0.15, 0.2) is 5.37 Å². The molecule has 1 atom stereocenters. The number of hydrogen-bond donors (Lipinski definition) is 2. The summed E-state index contributed by atoms with van der Waals surface area (Å²) in [5.74, 6) is -0.286. The van der Waals surface area contributed by atoms with E-state index in [-0.39, 0.29) is 17.8 Å². The molecule has 1 aromatic carbocycles. The third-order valence-electron chi connectivity index (χ3n) is 3.28. The number of rotatable bonds is 8. The minimum absolute atomic E-state index is 0.154. The van der Waals surface area contributed by atoms with Gasteiger partial charge in [0.25, 0.3) is 5.91 Å². The Kier molecular flexibility index (Phi) is 7.95. The highest BCUT2D eigenvalue weighted by atomic mass is 32.2. The largest absolute Gasteiger partial charge is 0.445 e. The number of hydrogen-bond acceptors (Lipinski definition) is 5. The summed E-state index contributed by atoms with van der Waals surface area (Å²) in [5.41, 5.74) is 1.64. The molecule has 0 aliphatic heterocycles. The van der Waals surface area contributed by atoms with Gasteiger partial charge in [0, 0.05) is 11.4 Å². The standard InChI is InChI=1S/C19H23N3O3S/c1-14(2)26-18(17(23)21-12-16-10-6-7-11-20-16)22-19(24)25-13-15-8-4-3-5-9-15/h3-11,14,18H,12-13H2,1-2H3,(H,21,23)(H,22,24). The summed E-state index contributed by atoms with van der Waals surface area (Å²) in [4.78, 5) is 28.6. The summed E-state index contributed by atoms with van der Waals surface area (Å²) in [7, 11) is 0. The first-order chi connectivity index (χ1) is 12.5. The van der Waals surface area contributed by atoms with Crippen molar-refractivity contribution in [3.05, 3.63) is 66.0 Å². The van der Waals surface area contributed by atoms with Crippen molar-refractivity contribution < 1.29 is 14.3 Å². The van der Waals surface area contributed by atoms with Crippen LogP contribution >= 0.6 is 11.8 Å². The van der Waals surface area contributed by atoms with Crippen LogP contribution in [-0.2, 0) is 22.7 Å². The number of aromatic nitrogens is 1. The van der Waals surface area contributed by atoms with Crippen molar-refractivity contribution in [3.63, 3.8) is 0 Å². The molecule has 1 aromatic heterocycles. The smallest absolute Gasteiger partial charge is 0.408 e. The second-order valence-corrected chi connectivity index (χ2v) is 7.50. The van der Waals surface area contributed by atoms with Crippen molar-refractivity contribution in [3.8, 4) is 0 Å². The number of carbonyl (C=O) groups is 2. The Labute approximate surface area is 157 Å². The molecule has 0 saturated carbocycles. The van der Waals surface area contributed by atoms with Crippen LogP contribution in [0.5, 0.6) is 0 Å². The molecule has 2 aromatic rings. The van der Waals surface area contributed by atoms with E-state index in [1.165, 1.54) is 11.8 Å². The molecule has 2 amide bonds. The molecule has 0 aliphatic rings. The van der Waals surface area contributed by atoms with Gasteiger partial charge in [-0.2, -0.15) is 0 Å². The number of amides is 2. The Morgan fingerprint density at radius 2 is 1.85 bits per heavy atom. The number of nitrogens with zero attached hydrogens (tertiary/aromatic N) is 1. The minimum atomic E-state index is -0.734. The maximum absolute atomic E-state index is 12.4. The predicted octanol–water partition coefficient (Wildman–Crippen LogP) is 3.09. The Hall–Kier alpha value is -2.54. The van der Waals surface area contributed by atoms with Crippen LogP contribution in [0.3, 0.4) is 0 Å². The van der Waals surface area contributed by atoms with Gasteiger partial charge >= 0.3 is 6.09 Å². The Morgan fingerprint density at radius 1 is 1.12 bits per heavy atom. The topological polar surface area (TPSA) is 80.3 Å². The highest BCUT2D eigenvalue weighted by Gasteiger charge is 2.23. The average Bonchev–Trinajstić information content (AvgIpc) is 2.65. The summed E-state index contributed by atoms with van der Waals surface area (Å²) >= 11 is 1.35. The van der Waals surface area contributed by atoms with Crippen LogP contribution in [0.1, 0.15) is 25.1 Å². The first kappa shape index (κ1) is 19.8. The summed E-state index contributed by atoms with van der Waals surface area (Å²) in [5, 5.41) is 4.84. The molecule has 0 aliphatic carbocycles. The fraction of sp³-hybridized carbons (Fsp3) is 0.316. The lowest BCUT2D eigenvalue weighted by Gasteiger charge is -2.19. The van der Waals surface area contributed by atoms with Gasteiger partial charge in [-0.3, -0.25) is 9.78 Å². The van der Waals surface area contributed by atoms with E-state index in [0.29, 0.717) is 6.54 Å². The van der Waals surface area contributed by atoms with Gasteiger partial charge in [-0.1, -0.05) is 50.2 Å². The zero-order chi connectivity index (χ0) is 18.8. The van der Waals surface area contributed by atoms with Crippen LogP contribution in [0.4, 0.5) is 4.79 Å². The Morgan fingerprint density at radius 3 is 2.50 bits per heavy atom. The average molecular weight is 373 g/mol. The van der Waals surface area contributed by atoms with Gasteiger partial charge in [-0.25, -0.2) is 4.79 Å². The van der Waals surface area contributed by atoms with E-state index in [0.717, 1.165) is 11.3 Å². The van der Waals surface area contributed by atoms with Gasteiger partial charge in [0.2, 0.25) is 0 Å². The van der Waals surface area contributed by atoms with Crippen LogP contribution < -0.4 is 10.6 Å². The molecule has 1 heterocycles. The number of carbonyl (C=O) groups excluding carboxylic acids is 2. The number of benzene rings is 1. The quantitative estimate of drug-likeness (QED) is 0.695. The molecule has 0 bridgehead atoms. The van der Waals surface area contributed by atoms with Gasteiger partial charge in [0.1, 0.15) is 6.61 Å². The second kappa shape index (κ2) is 10.5. The number of ether oxygens (including phenoxy) is 1. The number of nitrogens with one attached hydrogen (secondary N) is 2. The normalized spacial score (nSPS) is 11.7. The number of pyridine rings is 1. The third kappa shape index (κ3) is 7.14. The summed E-state index contributed by atoms with van der Waals surface area (Å²) in [6.45, 7) is 4.37. The van der Waals surface area contributed by atoms with Gasteiger partial charge in [0.05, 0.1) is 12.2 Å². The van der Waals surface area contributed by atoms with Crippen LogP contribution in [0, 0.1) is 0 Å². The van der Waals surface area contributed by atoms with Gasteiger partial charge < -0.3 is 15.4 Å². The van der Waals surface area contributed by atoms with Crippen LogP contribution in [0.2, 0.25) is 0 Å². The maximum Gasteiger partial charge on any atom is 0.408 e. The minimum Gasteiger partial charge on any atom is -0.445 e. The van der Waals surface area contributed by atoms with Crippen LogP contribution in [0.15, 0.2) is 54.7 Å². The fourth-order valence-electron chi connectivity index (χ4n) is 2.08. The molecular formula is C19H23N3O3S. The highest BCUT2D eigenvalue weighted by Crippen LogP contribution is 2.16. The molecule has 0 fully saturated rings. The van der Waals surface area contributed by atoms with Crippen molar-refractivity contribution in [2.24, 2.45) is 0 Å². The van der Waals surface area contributed by atoms with Crippen LogP contribution in [0.25, 0.3) is 0 Å². The molecule has 26 heavy (non-hydrogen) atoms. The lowest BCUT2D eigenvalue weighted by Crippen LogP contribution is -2.45. The Balaban J connectivity index is 1.86. The summed E-state index contributed by atoms with van der Waals surface area (Å²) in [6, 6.07) is 14.9. The first-order valence-electron chi connectivity index (χ1n) is 8.35. The van der Waals surface area contributed by atoms with Crippen molar-refractivity contribution in [1.29, 1.82) is 0 Å². The highest BCUT2D eigenvalue weighted by molar-refractivity contribution is 8.01. The zero-order valence-corrected chi connectivity index (χ0v) is 15.7. The van der Waals surface area contributed by atoms with Crippen LogP contribution in [-0.4, -0.2) is 27.6 Å². The van der Waals surface area contributed by atoms with E-state index in [4.69, 9.17) is 4.74 Å². The van der Waals surface area contributed by atoms with E-state index < -0.39 is 11.5 Å². The van der Waals surface area contributed by atoms with Gasteiger partial charge in [-0.15, -0.1) is 11.8 Å². The number of thioether (sulfide) groups is 1. The van der Waals surface area contributed by atoms with Gasteiger partial charge in [-0.05, 0) is 17.7 Å². The predicted molar refractivity (Wildman–Crippen MR) is 102 cm³/mol. The number of alkyl carbamates (subject to hydrolysis) is 1. The zero-order valence-electron chi connectivity index (χ0n) is 14.8. The Bertz CT molecular complexity index is 696. The SMILES string of the molecule is CC(C)SC(NC(=O)OCc1ccccc1)C(=O)NCc1ccccn1. The molecule has 2 N–H and O–H groups in total. The summed E-state index contributed by atoms with van der Waals surface area (Å²) in [6.07, 6.45) is 1.04. The molecule has 138 valence electrons. The van der Waals surface area contributed by atoms with Crippen molar-refractivity contribution in [2.45, 2.75) is 37.6 Å². The van der Waals surface area contributed by atoms with Crippen molar-refractivity contribution in [2.75, 3.05) is 0 Å². The fourth-order valence-corrected chi connectivity index (χ4v) is 2.99. The first-order valence-corrected chi connectivity index (χ1v) is 9.29. The second-order valence-electron chi connectivity index (χ2n) is 5.81. The van der Waals surface area contributed by atoms with E-state index >= 15 is 0 Å². The van der Waals surface area contributed by atoms with E-state index in [2.05, 4.69) is 15.6 Å². The molecule has 1 unspecified atom stereocenters. The van der Waals surface area contributed by atoms with E-state index in [1.54, 1.807) is 6.20 Å². The van der Waals surface area contributed by atoms with Crippen molar-refractivity contribution >= 4 is 23.8 Å². The van der Waals surface area contributed by atoms with E-state index in [1.807, 2.05) is 62.4 Å². The van der Waals surface area contributed by atoms with Crippen molar-refractivity contribution in [1.82, 2.24) is 15.6 Å².